The van der Waals surface area contributed by atoms with Gasteiger partial charge in [-0.3, -0.25) is 0 Å². The van der Waals surface area contributed by atoms with Gasteiger partial charge in [0, 0.05) is 26.2 Å². The van der Waals surface area contributed by atoms with Gasteiger partial charge in [0.05, 0.1) is 0 Å². The molecular weight excluding hydrogens is 340 g/mol. The summed E-state index contributed by atoms with van der Waals surface area (Å²) >= 11 is 0. The molecule has 0 spiro atoms. The van der Waals surface area contributed by atoms with Crippen LogP contribution in [-0.4, -0.2) is 37.0 Å². The van der Waals surface area contributed by atoms with Gasteiger partial charge in [0.2, 0.25) is 0 Å². The van der Waals surface area contributed by atoms with Gasteiger partial charge < -0.3 is 9.80 Å². The van der Waals surface area contributed by atoms with E-state index in [0.717, 1.165) is 55.7 Å². The molecule has 0 N–H and O–H groups in total. The zero-order chi connectivity index (χ0) is 20.4. The van der Waals surface area contributed by atoms with Gasteiger partial charge in [-0.2, -0.15) is 0 Å². The highest BCUT2D eigenvalue weighted by atomic mass is 15.1. The van der Waals surface area contributed by atoms with E-state index in [1.807, 2.05) is 0 Å². The lowest BCUT2D eigenvalue weighted by molar-refractivity contribution is 0.329. The lowest BCUT2D eigenvalue weighted by Gasteiger charge is -2.20. The number of nitrogens with zero attached hydrogens (tertiary/aromatic N) is 2. The van der Waals surface area contributed by atoms with Crippen LogP contribution in [0.15, 0.2) is 97.1 Å². The van der Waals surface area contributed by atoms with Gasteiger partial charge in [-0.05, 0) is 54.8 Å². The largest absolute Gasteiger partial charge is 0.302 e. The molecule has 0 fully saturated rings. The van der Waals surface area contributed by atoms with Crippen molar-refractivity contribution in [2.75, 3.05) is 27.2 Å². The Bertz CT molecular complexity index is 696. The first-order valence-electron chi connectivity index (χ1n) is 9.96. The van der Waals surface area contributed by atoms with Crippen LogP contribution in [0.25, 0.3) is 0 Å². The van der Waals surface area contributed by atoms with E-state index in [-0.39, 0.29) is 0 Å². The molecule has 2 aromatic rings. The lowest BCUT2D eigenvalue weighted by atomic mass is 9.97. The molecule has 2 heteroatoms. The summed E-state index contributed by atoms with van der Waals surface area (Å²) in [4.78, 5) is 4.65. The zero-order valence-electron chi connectivity index (χ0n) is 17.5. The second-order valence-electron chi connectivity index (χ2n) is 7.63. The standard InChI is InChI=1S/C26H34N2/c1-22(16-18-27(4)20-25-12-8-6-9-13-25)24(3)23(2)17-19-28(5)21-26-14-10-7-11-15-26/h6-15H,1-3,16-21H2,4-5H3. The summed E-state index contributed by atoms with van der Waals surface area (Å²) in [5, 5.41) is 0. The van der Waals surface area contributed by atoms with Gasteiger partial charge in [0.15, 0.2) is 0 Å². The fourth-order valence-corrected chi connectivity index (χ4v) is 3.15. The van der Waals surface area contributed by atoms with E-state index < -0.39 is 0 Å². The minimum absolute atomic E-state index is 0.918. The highest BCUT2D eigenvalue weighted by Crippen LogP contribution is 2.21. The molecule has 0 saturated heterocycles. The molecule has 0 saturated carbocycles. The lowest BCUT2D eigenvalue weighted by Crippen LogP contribution is -2.20. The van der Waals surface area contributed by atoms with E-state index in [4.69, 9.17) is 0 Å². The highest BCUT2D eigenvalue weighted by Gasteiger charge is 2.09. The van der Waals surface area contributed by atoms with Crippen molar-refractivity contribution in [3.8, 4) is 0 Å². The zero-order valence-corrected chi connectivity index (χ0v) is 17.5. The number of allylic oxidation sites excluding steroid dienone is 1. The summed E-state index contributed by atoms with van der Waals surface area (Å²) in [5.74, 6) is 0. The van der Waals surface area contributed by atoms with Crippen molar-refractivity contribution in [3.05, 3.63) is 108 Å². The van der Waals surface area contributed by atoms with Gasteiger partial charge in [-0.25, -0.2) is 0 Å². The minimum atomic E-state index is 0.918. The van der Waals surface area contributed by atoms with Crippen molar-refractivity contribution < 1.29 is 0 Å². The highest BCUT2D eigenvalue weighted by molar-refractivity contribution is 5.41. The molecule has 0 aliphatic rings. The summed E-state index contributed by atoms with van der Waals surface area (Å²) in [6.45, 7) is 16.6. The first-order valence-corrected chi connectivity index (χ1v) is 9.96. The Labute approximate surface area is 171 Å². The van der Waals surface area contributed by atoms with Crippen LogP contribution in [0.1, 0.15) is 24.0 Å². The molecule has 0 heterocycles. The van der Waals surface area contributed by atoms with E-state index in [2.05, 4.69) is 104 Å². The topological polar surface area (TPSA) is 6.48 Å². The number of hydrogen-bond donors (Lipinski definition) is 0. The third-order valence-corrected chi connectivity index (χ3v) is 5.03. The minimum Gasteiger partial charge on any atom is -0.302 e. The van der Waals surface area contributed by atoms with Gasteiger partial charge in [-0.1, -0.05) is 80.4 Å². The fourth-order valence-electron chi connectivity index (χ4n) is 3.15. The second-order valence-corrected chi connectivity index (χ2v) is 7.63. The summed E-state index contributed by atoms with van der Waals surface area (Å²) in [7, 11) is 4.30. The summed E-state index contributed by atoms with van der Waals surface area (Å²) < 4.78 is 0. The van der Waals surface area contributed by atoms with Gasteiger partial charge in [0.1, 0.15) is 0 Å². The second kappa shape index (κ2) is 11.4. The fraction of sp³-hybridized carbons (Fsp3) is 0.308. The quantitative estimate of drug-likeness (QED) is 0.440. The van der Waals surface area contributed by atoms with E-state index in [1.54, 1.807) is 0 Å². The molecule has 0 amide bonds. The van der Waals surface area contributed by atoms with Crippen molar-refractivity contribution in [1.29, 1.82) is 0 Å². The predicted molar refractivity (Wildman–Crippen MR) is 122 cm³/mol. The normalized spacial score (nSPS) is 11.0. The molecule has 0 aliphatic heterocycles. The molecule has 0 unspecified atom stereocenters. The van der Waals surface area contributed by atoms with Crippen molar-refractivity contribution >= 4 is 0 Å². The molecular formula is C26H34N2. The first-order chi connectivity index (χ1) is 13.5. The molecule has 148 valence electrons. The smallest absolute Gasteiger partial charge is 0.0230 e. The maximum atomic E-state index is 4.25. The van der Waals surface area contributed by atoms with Crippen LogP contribution in [0, 0.1) is 0 Å². The maximum absolute atomic E-state index is 4.25. The van der Waals surface area contributed by atoms with E-state index >= 15 is 0 Å². The van der Waals surface area contributed by atoms with Gasteiger partial charge >= 0.3 is 0 Å². The van der Waals surface area contributed by atoms with E-state index in [9.17, 15) is 0 Å². The van der Waals surface area contributed by atoms with Crippen molar-refractivity contribution in [1.82, 2.24) is 9.80 Å². The van der Waals surface area contributed by atoms with Crippen molar-refractivity contribution in [2.24, 2.45) is 0 Å². The Morgan fingerprint density at radius 1 is 0.643 bits per heavy atom. The van der Waals surface area contributed by atoms with Crippen LogP contribution in [0.5, 0.6) is 0 Å². The van der Waals surface area contributed by atoms with Gasteiger partial charge in [-0.15, -0.1) is 0 Å². The average Bonchev–Trinajstić information content (AvgIpc) is 2.71. The summed E-state index contributed by atoms with van der Waals surface area (Å²) in [5.41, 5.74) is 5.87. The number of rotatable bonds is 12. The monoisotopic (exact) mass is 374 g/mol. The molecule has 0 bridgehead atoms. The van der Waals surface area contributed by atoms with Crippen molar-refractivity contribution in [2.45, 2.75) is 25.9 Å². The Balaban J connectivity index is 1.69. The summed E-state index contributed by atoms with van der Waals surface area (Å²) in [6.07, 6.45) is 1.84. The average molecular weight is 375 g/mol. The number of hydrogen-bond acceptors (Lipinski definition) is 2. The van der Waals surface area contributed by atoms with Crippen LogP contribution in [0.2, 0.25) is 0 Å². The molecule has 0 aliphatic carbocycles. The van der Waals surface area contributed by atoms with Crippen LogP contribution in [0.3, 0.4) is 0 Å². The van der Waals surface area contributed by atoms with Crippen molar-refractivity contribution in [3.63, 3.8) is 0 Å². The van der Waals surface area contributed by atoms with Gasteiger partial charge in [0.25, 0.3) is 0 Å². The summed E-state index contributed by atoms with van der Waals surface area (Å²) in [6, 6.07) is 21.1. The Hall–Kier alpha value is -2.42. The van der Waals surface area contributed by atoms with Crippen LogP contribution >= 0.6 is 0 Å². The SMILES string of the molecule is C=C(CCN(C)Cc1ccccc1)C(=C)C(=C)CCN(C)Cc1ccccc1. The molecule has 2 rings (SSSR count). The predicted octanol–water partition coefficient (Wildman–Crippen LogP) is 5.70. The number of benzene rings is 2. The first kappa shape index (κ1) is 21.9. The van der Waals surface area contributed by atoms with Crippen LogP contribution < -0.4 is 0 Å². The molecule has 0 atom stereocenters. The Morgan fingerprint density at radius 3 is 1.36 bits per heavy atom. The third-order valence-electron chi connectivity index (χ3n) is 5.03. The van der Waals surface area contributed by atoms with E-state index in [1.165, 1.54) is 11.1 Å². The molecule has 2 aromatic carbocycles. The molecule has 28 heavy (non-hydrogen) atoms. The van der Waals surface area contributed by atoms with Crippen LogP contribution in [-0.2, 0) is 13.1 Å². The third kappa shape index (κ3) is 7.67. The Morgan fingerprint density at radius 2 is 1.00 bits per heavy atom. The maximum Gasteiger partial charge on any atom is 0.0230 e. The molecule has 2 nitrogen and oxygen atoms in total. The Kier molecular flexibility index (Phi) is 8.93. The molecule has 0 aromatic heterocycles. The van der Waals surface area contributed by atoms with Crippen LogP contribution in [0.4, 0.5) is 0 Å². The van der Waals surface area contributed by atoms with E-state index in [0.29, 0.717) is 0 Å². The molecule has 0 radical (unpaired) electrons.